The molecule has 0 aliphatic heterocycles. The highest BCUT2D eigenvalue weighted by Gasteiger charge is 2.16. The molecule has 0 radical (unpaired) electrons. The van der Waals surface area contributed by atoms with Crippen molar-refractivity contribution in [2.24, 2.45) is 0 Å². The summed E-state index contributed by atoms with van der Waals surface area (Å²) < 4.78 is 1.68. The second-order valence-electron chi connectivity index (χ2n) is 4.83. The molecule has 0 aliphatic carbocycles. The number of rotatable bonds is 2. The molecule has 0 saturated heterocycles. The van der Waals surface area contributed by atoms with E-state index >= 15 is 0 Å². The Morgan fingerprint density at radius 2 is 1.88 bits per heavy atom. The molecule has 2 aromatic heterocycles. The Hall–Kier alpha value is -1.51. The quantitative estimate of drug-likeness (QED) is 0.826. The van der Waals surface area contributed by atoms with Crippen LogP contribution in [0.1, 0.15) is 50.8 Å². The standard InChI is InChI=1S/C13H18N2O/c1-8(2)11-12(9(3)4)14-10-6-5-7-15(10)13(11)16/h5-9,14H,1-4H3. The third-order valence-corrected chi connectivity index (χ3v) is 2.91. The molecule has 0 fully saturated rings. The van der Waals surface area contributed by atoms with Crippen LogP contribution in [0.25, 0.3) is 5.65 Å². The molecule has 2 heterocycles. The van der Waals surface area contributed by atoms with Gasteiger partial charge in [0.2, 0.25) is 0 Å². The molecule has 1 N–H and O–H groups in total. The van der Waals surface area contributed by atoms with Crippen LogP contribution >= 0.6 is 0 Å². The SMILES string of the molecule is CC(C)c1[nH]c2cccn2c(=O)c1C(C)C. The van der Waals surface area contributed by atoms with Crippen LogP contribution in [0.2, 0.25) is 0 Å². The first kappa shape index (κ1) is 11.0. The van der Waals surface area contributed by atoms with E-state index in [4.69, 9.17) is 0 Å². The number of hydrogen-bond donors (Lipinski definition) is 1. The van der Waals surface area contributed by atoms with E-state index < -0.39 is 0 Å². The smallest absolute Gasteiger partial charge is 0.261 e. The number of nitrogens with one attached hydrogen (secondary N) is 1. The van der Waals surface area contributed by atoms with Gasteiger partial charge in [-0.15, -0.1) is 0 Å². The fourth-order valence-corrected chi connectivity index (χ4v) is 2.12. The van der Waals surface area contributed by atoms with Gasteiger partial charge >= 0.3 is 0 Å². The summed E-state index contributed by atoms with van der Waals surface area (Å²) in [5.74, 6) is 0.581. The summed E-state index contributed by atoms with van der Waals surface area (Å²) in [6.07, 6.45) is 1.81. The van der Waals surface area contributed by atoms with E-state index in [0.717, 1.165) is 16.9 Å². The third-order valence-electron chi connectivity index (χ3n) is 2.91. The first-order valence-electron chi connectivity index (χ1n) is 5.75. The highest BCUT2D eigenvalue weighted by Crippen LogP contribution is 2.21. The van der Waals surface area contributed by atoms with Crippen LogP contribution in [-0.2, 0) is 0 Å². The van der Waals surface area contributed by atoms with Crippen molar-refractivity contribution in [3.05, 3.63) is 39.9 Å². The zero-order valence-electron chi connectivity index (χ0n) is 10.2. The highest BCUT2D eigenvalue weighted by atomic mass is 16.1. The molecule has 3 heteroatoms. The Labute approximate surface area is 95.1 Å². The Bertz CT molecular complexity index is 561. The largest absolute Gasteiger partial charge is 0.344 e. The lowest BCUT2D eigenvalue weighted by molar-refractivity contribution is 0.737. The number of aromatic nitrogens is 2. The Morgan fingerprint density at radius 1 is 1.19 bits per heavy atom. The van der Waals surface area contributed by atoms with Gasteiger partial charge in [0.05, 0.1) is 0 Å². The van der Waals surface area contributed by atoms with E-state index in [0.29, 0.717) is 5.92 Å². The van der Waals surface area contributed by atoms with Crippen LogP contribution in [0.3, 0.4) is 0 Å². The van der Waals surface area contributed by atoms with Gasteiger partial charge in [-0.2, -0.15) is 0 Å². The Balaban J connectivity index is 2.86. The van der Waals surface area contributed by atoms with Crippen LogP contribution in [0.15, 0.2) is 23.1 Å². The molecule has 0 saturated carbocycles. The molecule has 3 nitrogen and oxygen atoms in total. The molecule has 0 atom stereocenters. The molecule has 0 aromatic carbocycles. The van der Waals surface area contributed by atoms with Gasteiger partial charge in [0.1, 0.15) is 5.65 Å². The van der Waals surface area contributed by atoms with Crippen molar-refractivity contribution in [3.8, 4) is 0 Å². The lowest BCUT2D eigenvalue weighted by Gasteiger charge is -2.15. The predicted octanol–water partition coefficient (Wildman–Crippen LogP) is 2.87. The van der Waals surface area contributed by atoms with Crippen LogP contribution in [0, 0.1) is 0 Å². The van der Waals surface area contributed by atoms with Gasteiger partial charge in [-0.3, -0.25) is 9.20 Å². The van der Waals surface area contributed by atoms with E-state index in [2.05, 4.69) is 32.7 Å². The molecule has 0 spiro atoms. The molecule has 86 valence electrons. The van der Waals surface area contributed by atoms with Crippen LogP contribution in [0.5, 0.6) is 0 Å². The monoisotopic (exact) mass is 218 g/mol. The number of hydrogen-bond acceptors (Lipinski definition) is 1. The minimum absolute atomic E-state index is 0.109. The second kappa shape index (κ2) is 3.81. The second-order valence-corrected chi connectivity index (χ2v) is 4.83. The van der Waals surface area contributed by atoms with E-state index in [1.807, 2.05) is 18.3 Å². The summed E-state index contributed by atoms with van der Waals surface area (Å²) in [5.41, 5.74) is 2.94. The normalized spacial score (nSPS) is 11.9. The molecule has 2 rings (SSSR count). The number of nitrogens with zero attached hydrogens (tertiary/aromatic N) is 1. The average molecular weight is 218 g/mol. The lowest BCUT2D eigenvalue weighted by Crippen LogP contribution is -2.22. The van der Waals surface area contributed by atoms with Crippen molar-refractivity contribution >= 4 is 5.65 Å². The van der Waals surface area contributed by atoms with Gasteiger partial charge in [0, 0.05) is 17.5 Å². The molecular formula is C13H18N2O. The maximum Gasteiger partial charge on any atom is 0.261 e. The number of H-pyrrole nitrogens is 1. The lowest BCUT2D eigenvalue weighted by atomic mass is 9.96. The zero-order chi connectivity index (χ0) is 11.9. The minimum Gasteiger partial charge on any atom is -0.344 e. The summed E-state index contributed by atoms with van der Waals surface area (Å²) >= 11 is 0. The summed E-state index contributed by atoms with van der Waals surface area (Å²) in [6.45, 7) is 8.34. The summed E-state index contributed by atoms with van der Waals surface area (Å²) in [6, 6.07) is 3.82. The topological polar surface area (TPSA) is 37.3 Å². The Morgan fingerprint density at radius 3 is 2.44 bits per heavy atom. The zero-order valence-corrected chi connectivity index (χ0v) is 10.2. The van der Waals surface area contributed by atoms with Gasteiger partial charge in [0.25, 0.3) is 5.56 Å². The first-order chi connectivity index (χ1) is 7.52. The van der Waals surface area contributed by atoms with Crippen molar-refractivity contribution in [1.82, 2.24) is 9.38 Å². The van der Waals surface area contributed by atoms with Gasteiger partial charge in [-0.25, -0.2) is 0 Å². The molecule has 0 unspecified atom stereocenters. The molecule has 2 aromatic rings. The number of aromatic amines is 1. The molecule has 0 amide bonds. The maximum absolute atomic E-state index is 12.3. The first-order valence-corrected chi connectivity index (χ1v) is 5.75. The van der Waals surface area contributed by atoms with E-state index in [1.54, 1.807) is 4.40 Å². The van der Waals surface area contributed by atoms with E-state index in [-0.39, 0.29) is 11.5 Å². The fourth-order valence-electron chi connectivity index (χ4n) is 2.12. The van der Waals surface area contributed by atoms with Crippen LogP contribution in [-0.4, -0.2) is 9.38 Å². The van der Waals surface area contributed by atoms with Gasteiger partial charge in [-0.05, 0) is 24.0 Å². The fraction of sp³-hybridized carbons (Fsp3) is 0.462. The molecular weight excluding hydrogens is 200 g/mol. The summed E-state index contributed by atoms with van der Waals surface area (Å²) in [4.78, 5) is 15.7. The molecule has 0 aliphatic rings. The minimum atomic E-state index is 0.109. The number of fused-ring (bicyclic) bond motifs is 1. The van der Waals surface area contributed by atoms with Gasteiger partial charge in [0.15, 0.2) is 0 Å². The van der Waals surface area contributed by atoms with E-state index in [1.165, 1.54) is 0 Å². The molecule has 0 bridgehead atoms. The maximum atomic E-state index is 12.3. The highest BCUT2D eigenvalue weighted by molar-refractivity contribution is 5.43. The Kier molecular flexibility index (Phi) is 2.62. The van der Waals surface area contributed by atoms with Gasteiger partial charge < -0.3 is 4.98 Å². The van der Waals surface area contributed by atoms with Crippen molar-refractivity contribution in [2.75, 3.05) is 0 Å². The van der Waals surface area contributed by atoms with E-state index in [9.17, 15) is 4.79 Å². The average Bonchev–Trinajstić information content (AvgIpc) is 2.64. The summed E-state index contributed by atoms with van der Waals surface area (Å²) in [5, 5.41) is 0. The van der Waals surface area contributed by atoms with Crippen LogP contribution < -0.4 is 5.56 Å². The van der Waals surface area contributed by atoms with Gasteiger partial charge in [-0.1, -0.05) is 27.7 Å². The summed E-state index contributed by atoms with van der Waals surface area (Å²) in [7, 11) is 0. The van der Waals surface area contributed by atoms with Crippen molar-refractivity contribution in [2.45, 2.75) is 39.5 Å². The van der Waals surface area contributed by atoms with Crippen LogP contribution in [0.4, 0.5) is 0 Å². The molecule has 16 heavy (non-hydrogen) atoms. The van der Waals surface area contributed by atoms with Crippen molar-refractivity contribution in [1.29, 1.82) is 0 Å². The van der Waals surface area contributed by atoms with Crippen molar-refractivity contribution < 1.29 is 0 Å². The third kappa shape index (κ3) is 1.56. The van der Waals surface area contributed by atoms with Crippen molar-refractivity contribution in [3.63, 3.8) is 0 Å². The predicted molar refractivity (Wildman–Crippen MR) is 66.2 cm³/mol.